The number of rotatable bonds is 12. The van der Waals surface area contributed by atoms with Crippen molar-refractivity contribution in [1.82, 2.24) is 40.4 Å². The number of pyridine rings is 1. The van der Waals surface area contributed by atoms with Crippen LogP contribution in [0.3, 0.4) is 0 Å². The zero-order valence-electron chi connectivity index (χ0n) is 19.7. The number of H-pyrrole nitrogens is 1. The summed E-state index contributed by atoms with van der Waals surface area (Å²) >= 11 is 0. The number of aromatic nitrogens is 8. The topological polar surface area (TPSA) is 115 Å². The maximum absolute atomic E-state index is 12.5. The highest BCUT2D eigenvalue weighted by Crippen LogP contribution is 2.28. The number of benzene rings is 1. The van der Waals surface area contributed by atoms with Crippen LogP contribution in [0.25, 0.3) is 22.6 Å². The fourth-order valence-corrected chi connectivity index (χ4v) is 3.84. The molecule has 0 aliphatic rings. The van der Waals surface area contributed by atoms with Gasteiger partial charge in [-0.25, -0.2) is 14.8 Å². The summed E-state index contributed by atoms with van der Waals surface area (Å²) in [7, 11) is 0. The van der Waals surface area contributed by atoms with Crippen molar-refractivity contribution in [2.45, 2.75) is 65.3 Å². The van der Waals surface area contributed by atoms with Gasteiger partial charge in [-0.2, -0.15) is 0 Å². The summed E-state index contributed by atoms with van der Waals surface area (Å²) in [6.07, 6.45) is 8.19. The van der Waals surface area contributed by atoms with Gasteiger partial charge in [0, 0.05) is 24.6 Å². The number of nitrogens with zero attached hydrogens (tertiary/aromatic N) is 7. The number of aryl methyl sites for hydroxylation is 1. The van der Waals surface area contributed by atoms with Gasteiger partial charge in [-0.3, -0.25) is 9.78 Å². The fraction of sp³-hybridized carbons (Fsp3) is 0.400. The van der Waals surface area contributed by atoms with Gasteiger partial charge < -0.3 is 0 Å². The largest absolute Gasteiger partial charge is 0.291 e. The lowest BCUT2D eigenvalue weighted by molar-refractivity contribution is 0.0969. The molecular weight excluding hydrogens is 428 g/mol. The van der Waals surface area contributed by atoms with E-state index in [1.807, 2.05) is 16.8 Å². The molecular formula is C25H30N8O. The molecule has 0 aliphatic carbocycles. The maximum atomic E-state index is 12.5. The van der Waals surface area contributed by atoms with Crippen molar-refractivity contribution in [3.8, 4) is 22.6 Å². The van der Waals surface area contributed by atoms with E-state index in [0.717, 1.165) is 61.0 Å². The molecule has 0 atom stereocenters. The van der Waals surface area contributed by atoms with Gasteiger partial charge in [0.2, 0.25) is 11.6 Å². The number of carbonyl (C=O) groups excluding carboxylic acids is 1. The molecule has 4 rings (SSSR count). The summed E-state index contributed by atoms with van der Waals surface area (Å²) in [6.45, 7) is 4.83. The SMILES string of the molecule is CCCCCc1nc(C(=O)CCCC)nn1Cc1ccc(-c2cccnc2-c2nnn[nH]2)cc1. The van der Waals surface area contributed by atoms with Crippen molar-refractivity contribution in [3.05, 3.63) is 59.8 Å². The fourth-order valence-electron chi connectivity index (χ4n) is 3.84. The summed E-state index contributed by atoms with van der Waals surface area (Å²) in [4.78, 5) is 21.6. The predicted molar refractivity (Wildman–Crippen MR) is 129 cm³/mol. The lowest BCUT2D eigenvalue weighted by Crippen LogP contribution is -2.08. The van der Waals surface area contributed by atoms with Gasteiger partial charge >= 0.3 is 0 Å². The molecule has 9 heteroatoms. The molecule has 0 saturated carbocycles. The Balaban J connectivity index is 1.55. The number of hydrogen-bond acceptors (Lipinski definition) is 7. The molecule has 0 fully saturated rings. The monoisotopic (exact) mass is 458 g/mol. The summed E-state index contributed by atoms with van der Waals surface area (Å²) < 4.78 is 1.89. The maximum Gasteiger partial charge on any atom is 0.217 e. The highest BCUT2D eigenvalue weighted by atomic mass is 16.1. The van der Waals surface area contributed by atoms with Gasteiger partial charge in [-0.1, -0.05) is 63.4 Å². The van der Waals surface area contributed by atoms with E-state index in [4.69, 9.17) is 0 Å². The number of unbranched alkanes of at least 4 members (excludes halogenated alkanes) is 3. The van der Waals surface area contributed by atoms with Crippen LogP contribution in [0, 0.1) is 0 Å². The first kappa shape index (κ1) is 23.4. The third-order valence-electron chi connectivity index (χ3n) is 5.73. The standard InChI is InChI=1S/C25H30N8O/c1-3-5-7-11-22-27-24(21(34)10-6-4-2)30-33(22)17-18-12-14-19(15-13-18)20-9-8-16-26-23(20)25-28-31-32-29-25/h8-9,12-16H,3-7,10-11,17H2,1-2H3,(H,28,29,31,32). The molecule has 0 aliphatic heterocycles. The third-order valence-corrected chi connectivity index (χ3v) is 5.73. The number of ketones is 1. The van der Waals surface area contributed by atoms with Gasteiger partial charge in [0.1, 0.15) is 11.5 Å². The zero-order valence-corrected chi connectivity index (χ0v) is 19.7. The second-order valence-corrected chi connectivity index (χ2v) is 8.34. The molecule has 4 aromatic rings. The molecule has 3 aromatic heterocycles. The number of Topliss-reactive ketones (excluding diaryl/α,β-unsaturated/α-hetero) is 1. The number of tetrazole rings is 1. The summed E-state index contributed by atoms with van der Waals surface area (Å²) in [5.74, 6) is 1.78. The van der Waals surface area contributed by atoms with Crippen molar-refractivity contribution < 1.29 is 4.79 Å². The van der Waals surface area contributed by atoms with Crippen LogP contribution in [0.4, 0.5) is 0 Å². The minimum atomic E-state index is 0.0266. The Bertz CT molecular complexity index is 1200. The Morgan fingerprint density at radius 2 is 1.85 bits per heavy atom. The lowest BCUT2D eigenvalue weighted by Gasteiger charge is -2.09. The summed E-state index contributed by atoms with van der Waals surface area (Å²) in [6, 6.07) is 12.1. The smallest absolute Gasteiger partial charge is 0.217 e. The molecule has 1 N–H and O–H groups in total. The Morgan fingerprint density at radius 3 is 2.59 bits per heavy atom. The third kappa shape index (κ3) is 5.59. The molecule has 0 amide bonds. The van der Waals surface area contributed by atoms with E-state index in [1.165, 1.54) is 0 Å². The highest BCUT2D eigenvalue weighted by Gasteiger charge is 2.17. The van der Waals surface area contributed by atoms with Gasteiger partial charge in [0.25, 0.3) is 0 Å². The number of nitrogens with one attached hydrogen (secondary N) is 1. The molecule has 0 radical (unpaired) electrons. The number of carbonyl (C=O) groups is 1. The number of aromatic amines is 1. The second kappa shape index (κ2) is 11.4. The molecule has 9 nitrogen and oxygen atoms in total. The molecule has 0 bridgehead atoms. The predicted octanol–water partition coefficient (Wildman–Crippen LogP) is 4.67. The summed E-state index contributed by atoms with van der Waals surface area (Å²) in [5, 5.41) is 18.7. The van der Waals surface area contributed by atoms with Crippen LogP contribution in [0.2, 0.25) is 0 Å². The first-order valence-corrected chi connectivity index (χ1v) is 11.9. The minimum Gasteiger partial charge on any atom is -0.291 e. The zero-order chi connectivity index (χ0) is 23.8. The van der Waals surface area contributed by atoms with Gasteiger partial charge in [-0.05, 0) is 40.5 Å². The quantitative estimate of drug-likeness (QED) is 0.242. The first-order valence-electron chi connectivity index (χ1n) is 11.9. The van der Waals surface area contributed by atoms with E-state index in [0.29, 0.717) is 30.3 Å². The van der Waals surface area contributed by atoms with Crippen molar-refractivity contribution in [3.63, 3.8) is 0 Å². The van der Waals surface area contributed by atoms with Crippen LogP contribution in [0.1, 0.15) is 74.4 Å². The second-order valence-electron chi connectivity index (χ2n) is 8.34. The number of hydrogen-bond donors (Lipinski definition) is 1. The molecule has 1 aromatic carbocycles. The van der Waals surface area contributed by atoms with E-state index < -0.39 is 0 Å². The Hall–Kier alpha value is -3.75. The normalized spacial score (nSPS) is 11.1. The van der Waals surface area contributed by atoms with Crippen molar-refractivity contribution in [1.29, 1.82) is 0 Å². The van der Waals surface area contributed by atoms with E-state index in [2.05, 4.69) is 73.8 Å². The first-order chi connectivity index (χ1) is 16.7. The molecule has 0 spiro atoms. The molecule has 3 heterocycles. The van der Waals surface area contributed by atoms with Crippen LogP contribution in [0.5, 0.6) is 0 Å². The van der Waals surface area contributed by atoms with Crippen LogP contribution < -0.4 is 0 Å². The summed E-state index contributed by atoms with van der Waals surface area (Å²) in [5.41, 5.74) is 3.74. The Labute approximate surface area is 199 Å². The van der Waals surface area contributed by atoms with Crippen LogP contribution in [-0.4, -0.2) is 46.2 Å². The van der Waals surface area contributed by atoms with Crippen LogP contribution in [-0.2, 0) is 13.0 Å². The van der Waals surface area contributed by atoms with Crippen LogP contribution >= 0.6 is 0 Å². The van der Waals surface area contributed by atoms with Crippen molar-refractivity contribution in [2.75, 3.05) is 0 Å². The minimum absolute atomic E-state index is 0.0266. The molecule has 34 heavy (non-hydrogen) atoms. The van der Waals surface area contributed by atoms with E-state index in [-0.39, 0.29) is 5.78 Å². The molecule has 0 saturated heterocycles. The highest BCUT2D eigenvalue weighted by molar-refractivity contribution is 5.92. The Morgan fingerprint density at radius 1 is 1.03 bits per heavy atom. The molecule has 176 valence electrons. The van der Waals surface area contributed by atoms with E-state index in [1.54, 1.807) is 6.20 Å². The average Bonchev–Trinajstić information content (AvgIpc) is 3.54. The molecule has 0 unspecified atom stereocenters. The average molecular weight is 459 g/mol. The van der Waals surface area contributed by atoms with E-state index in [9.17, 15) is 4.79 Å². The van der Waals surface area contributed by atoms with Gasteiger partial charge in [0.05, 0.1) is 6.54 Å². The van der Waals surface area contributed by atoms with E-state index >= 15 is 0 Å². The lowest BCUT2D eigenvalue weighted by atomic mass is 10.0. The van der Waals surface area contributed by atoms with Crippen molar-refractivity contribution >= 4 is 5.78 Å². The van der Waals surface area contributed by atoms with Crippen molar-refractivity contribution in [2.24, 2.45) is 0 Å². The van der Waals surface area contributed by atoms with Crippen LogP contribution in [0.15, 0.2) is 42.6 Å². The van der Waals surface area contributed by atoms with Gasteiger partial charge in [-0.15, -0.1) is 10.2 Å². The van der Waals surface area contributed by atoms with Gasteiger partial charge in [0.15, 0.2) is 5.82 Å². The Kier molecular flexibility index (Phi) is 7.85.